The molecule has 0 saturated carbocycles. The number of para-hydroxylation sites is 1. The van der Waals surface area contributed by atoms with Crippen molar-refractivity contribution in [1.82, 2.24) is 44.7 Å². The number of unbranched alkanes of at least 4 members (excludes halogenated alkanes) is 2. The Hall–Kier alpha value is -6.92. The van der Waals surface area contributed by atoms with E-state index < -0.39 is 29.7 Å². The SMILES string of the molecule is Nc1ncnc2c1c(-c1ccc(Oc3ccccc3)cc1)nn2[C@@H]1CCCN(C(=O)/C=C/CN2CCN(C(=O)CCCCCSc3cccc4c3C(=O)N(C3CCC(=O)NC3=O)C4=O)CC2)C1. The number of rotatable bonds is 15. The maximum Gasteiger partial charge on any atom is 0.263 e. The largest absolute Gasteiger partial charge is 0.457 e. The van der Waals surface area contributed by atoms with Gasteiger partial charge in [-0.15, -0.1) is 11.8 Å². The maximum atomic E-state index is 13.5. The fourth-order valence-electron chi connectivity index (χ4n) is 9.20. The second kappa shape index (κ2) is 20.3. The molecule has 3 fully saturated rings. The molecule has 6 amide bonds. The van der Waals surface area contributed by atoms with E-state index in [9.17, 15) is 28.8 Å². The topological polar surface area (TPSA) is 206 Å². The number of piperidine rings is 2. The molecule has 0 radical (unpaired) electrons. The molecule has 6 heterocycles. The second-order valence-corrected chi connectivity index (χ2v) is 18.3. The first kappa shape index (κ1) is 45.2. The number of nitrogens with zero attached hydrogens (tertiary/aromatic N) is 8. The summed E-state index contributed by atoms with van der Waals surface area (Å²) in [5.41, 5.74) is 9.15. The number of piperazine rings is 1. The van der Waals surface area contributed by atoms with Crippen LogP contribution in [0.15, 0.2) is 96.2 Å². The monoisotopic (exact) mass is 924 g/mol. The van der Waals surface area contributed by atoms with Gasteiger partial charge in [0.25, 0.3) is 11.8 Å². The number of fused-ring (bicyclic) bond motifs is 2. The molecule has 3 saturated heterocycles. The molecule has 5 aromatic rings. The number of thioether (sulfide) groups is 1. The predicted molar refractivity (Wildman–Crippen MR) is 251 cm³/mol. The number of carbonyl (C=O) groups excluding carboxylic acids is 6. The number of ether oxygens (including phenoxy) is 1. The van der Waals surface area contributed by atoms with Crippen LogP contribution in [-0.4, -0.2) is 132 Å². The summed E-state index contributed by atoms with van der Waals surface area (Å²) in [6.07, 6.45) is 9.70. The molecule has 4 aliphatic heterocycles. The normalized spacial score (nSPS) is 19.1. The molecule has 3 aromatic carbocycles. The van der Waals surface area contributed by atoms with Crippen molar-refractivity contribution in [1.29, 1.82) is 0 Å². The van der Waals surface area contributed by atoms with E-state index in [4.69, 9.17) is 15.6 Å². The van der Waals surface area contributed by atoms with E-state index in [0.717, 1.165) is 61.4 Å². The number of amides is 6. The summed E-state index contributed by atoms with van der Waals surface area (Å²) in [5.74, 6) is 0.506. The van der Waals surface area contributed by atoms with Crippen molar-refractivity contribution in [2.24, 2.45) is 0 Å². The fourth-order valence-corrected chi connectivity index (χ4v) is 10.3. The number of nitrogen functional groups attached to an aromatic ring is 1. The molecular weight excluding hydrogens is 873 g/mol. The summed E-state index contributed by atoms with van der Waals surface area (Å²) in [5, 5.41) is 7.93. The Morgan fingerprint density at radius 2 is 1.63 bits per heavy atom. The van der Waals surface area contributed by atoms with Crippen molar-refractivity contribution in [2.45, 2.75) is 68.3 Å². The van der Waals surface area contributed by atoms with Gasteiger partial charge in [0.2, 0.25) is 23.6 Å². The molecule has 346 valence electrons. The second-order valence-electron chi connectivity index (χ2n) is 17.1. The highest BCUT2D eigenvalue weighted by Crippen LogP contribution is 2.37. The average molecular weight is 925 g/mol. The molecule has 1 unspecified atom stereocenters. The fraction of sp³-hybridized carbons (Fsp3) is 0.367. The molecule has 17 nitrogen and oxygen atoms in total. The van der Waals surface area contributed by atoms with E-state index in [1.54, 1.807) is 18.2 Å². The van der Waals surface area contributed by atoms with Crippen LogP contribution in [-0.2, 0) is 19.2 Å². The minimum absolute atomic E-state index is 0.0514. The van der Waals surface area contributed by atoms with Crippen molar-refractivity contribution in [3.63, 3.8) is 0 Å². The first-order chi connectivity index (χ1) is 32.6. The lowest BCUT2D eigenvalue weighted by Gasteiger charge is -2.34. The Kier molecular flexibility index (Phi) is 13.7. The lowest BCUT2D eigenvalue weighted by atomic mass is 10.0. The third-order valence-corrected chi connectivity index (χ3v) is 13.9. The molecule has 0 bridgehead atoms. The number of anilines is 1. The van der Waals surface area contributed by atoms with Gasteiger partial charge in [0.1, 0.15) is 35.4 Å². The average Bonchev–Trinajstić information content (AvgIpc) is 3.86. The summed E-state index contributed by atoms with van der Waals surface area (Å²) >= 11 is 1.49. The van der Waals surface area contributed by atoms with Gasteiger partial charge in [0.15, 0.2) is 5.65 Å². The zero-order chi connectivity index (χ0) is 46.4. The van der Waals surface area contributed by atoms with E-state index in [-0.39, 0.29) is 36.3 Å². The first-order valence-corrected chi connectivity index (χ1v) is 23.9. The number of hydrogen-bond donors (Lipinski definition) is 2. The Balaban J connectivity index is 0.701. The van der Waals surface area contributed by atoms with Crippen molar-refractivity contribution < 1.29 is 33.5 Å². The molecule has 9 rings (SSSR count). The van der Waals surface area contributed by atoms with Crippen molar-refractivity contribution in [3.8, 4) is 22.8 Å². The van der Waals surface area contributed by atoms with E-state index in [1.807, 2.05) is 81.2 Å². The van der Waals surface area contributed by atoms with Gasteiger partial charge in [0, 0.05) is 75.2 Å². The summed E-state index contributed by atoms with van der Waals surface area (Å²) in [6.45, 7) is 4.45. The highest BCUT2D eigenvalue weighted by Gasteiger charge is 2.45. The smallest absolute Gasteiger partial charge is 0.263 e. The van der Waals surface area contributed by atoms with Crippen LogP contribution >= 0.6 is 11.8 Å². The molecule has 2 aromatic heterocycles. The predicted octanol–water partition coefficient (Wildman–Crippen LogP) is 5.49. The molecule has 3 N–H and O–H groups in total. The maximum absolute atomic E-state index is 13.5. The summed E-state index contributed by atoms with van der Waals surface area (Å²) in [6, 6.07) is 21.3. The van der Waals surface area contributed by atoms with Gasteiger partial charge in [-0.1, -0.05) is 36.8 Å². The summed E-state index contributed by atoms with van der Waals surface area (Å²) < 4.78 is 7.89. The van der Waals surface area contributed by atoms with Crippen LogP contribution in [0, 0.1) is 0 Å². The minimum Gasteiger partial charge on any atom is -0.457 e. The number of aromatic nitrogens is 4. The summed E-state index contributed by atoms with van der Waals surface area (Å²) in [7, 11) is 0. The number of carbonyl (C=O) groups is 6. The van der Waals surface area contributed by atoms with Gasteiger partial charge >= 0.3 is 0 Å². The molecule has 18 heteroatoms. The minimum atomic E-state index is -1.00. The lowest BCUT2D eigenvalue weighted by molar-refractivity contribution is -0.136. The molecule has 0 aliphatic carbocycles. The van der Waals surface area contributed by atoms with Gasteiger partial charge in [0.05, 0.1) is 22.6 Å². The zero-order valence-electron chi connectivity index (χ0n) is 37.0. The van der Waals surface area contributed by atoms with Crippen molar-refractivity contribution in [2.75, 3.05) is 57.3 Å². The Bertz CT molecular complexity index is 2720. The third-order valence-electron chi connectivity index (χ3n) is 12.8. The van der Waals surface area contributed by atoms with Crippen LogP contribution in [0.3, 0.4) is 0 Å². The van der Waals surface area contributed by atoms with Gasteiger partial charge in [-0.05, 0) is 86.4 Å². The van der Waals surface area contributed by atoms with E-state index in [2.05, 4.69) is 20.2 Å². The van der Waals surface area contributed by atoms with E-state index in [1.165, 1.54) is 18.1 Å². The van der Waals surface area contributed by atoms with Crippen LogP contribution in [0.2, 0.25) is 0 Å². The first-order valence-electron chi connectivity index (χ1n) is 22.9. The molecule has 2 atom stereocenters. The van der Waals surface area contributed by atoms with Gasteiger partial charge in [-0.25, -0.2) is 14.6 Å². The molecule has 0 spiro atoms. The Morgan fingerprint density at radius 3 is 2.42 bits per heavy atom. The van der Waals surface area contributed by atoms with Crippen LogP contribution < -0.4 is 15.8 Å². The number of hydrogen-bond acceptors (Lipinski definition) is 13. The van der Waals surface area contributed by atoms with Gasteiger partial charge < -0.3 is 20.3 Å². The standard InChI is InChI=1S/C49H52N10O7S/c50-45-43-44(32-17-19-35(20-18-32)66-34-11-3-1-4-12-34)54-59(46(43)52-31-51-45)33-10-8-24-57(30-33)41(62)16-9-23-55-25-27-56(28-26-55)40(61)15-5-2-6-29-67-38-14-7-13-36-42(38)49(65)58(48(36)64)37-21-22-39(60)53-47(37)63/h1,3-4,7,9,11-14,16-20,31,33,37H,2,5-6,8,10,15,21-30H2,(H2,50,51,52)(H,53,60,63)/b16-9+/t33-,37?/m1/s1. The van der Waals surface area contributed by atoms with Crippen LogP contribution in [0.25, 0.3) is 22.3 Å². The number of nitrogens with two attached hydrogens (primary N) is 1. The molecule has 67 heavy (non-hydrogen) atoms. The van der Waals surface area contributed by atoms with Gasteiger partial charge in [-0.3, -0.25) is 43.9 Å². The molecule has 4 aliphatic rings. The Morgan fingerprint density at radius 1 is 0.836 bits per heavy atom. The van der Waals surface area contributed by atoms with Crippen LogP contribution in [0.5, 0.6) is 11.5 Å². The number of nitrogens with one attached hydrogen (secondary N) is 1. The third kappa shape index (κ3) is 9.95. The number of imide groups is 2. The van der Waals surface area contributed by atoms with Crippen molar-refractivity contribution >= 4 is 64.1 Å². The quantitative estimate of drug-likeness (QED) is 0.0578. The highest BCUT2D eigenvalue weighted by molar-refractivity contribution is 7.99. The Labute approximate surface area is 391 Å². The summed E-state index contributed by atoms with van der Waals surface area (Å²) in [4.78, 5) is 93.8. The highest BCUT2D eigenvalue weighted by atomic mass is 32.2. The van der Waals surface area contributed by atoms with Crippen molar-refractivity contribution in [3.05, 3.63) is 102 Å². The van der Waals surface area contributed by atoms with Crippen LogP contribution in [0.4, 0.5) is 5.82 Å². The lowest BCUT2D eigenvalue weighted by Crippen LogP contribution is -2.54. The zero-order valence-corrected chi connectivity index (χ0v) is 37.9. The van der Waals surface area contributed by atoms with E-state index >= 15 is 0 Å². The number of likely N-dealkylation sites (tertiary alicyclic amines) is 1. The number of benzene rings is 3. The van der Waals surface area contributed by atoms with E-state index in [0.29, 0.717) is 83.7 Å². The van der Waals surface area contributed by atoms with Crippen LogP contribution in [0.1, 0.15) is 78.1 Å². The van der Waals surface area contributed by atoms with Gasteiger partial charge in [-0.2, -0.15) is 5.10 Å². The molecular formula is C49H52N10O7S.